The highest BCUT2D eigenvalue weighted by Crippen LogP contribution is 2.17. The molecule has 0 fully saturated rings. The molecule has 0 radical (unpaired) electrons. The second-order valence-corrected chi connectivity index (χ2v) is 3.36. The molecule has 2 N–H and O–H groups in total. The predicted molar refractivity (Wildman–Crippen MR) is 43.9 cm³/mol. The zero-order valence-corrected chi connectivity index (χ0v) is 7.06. The topological polar surface area (TPSA) is 38.9 Å². The van der Waals surface area contributed by atoms with Crippen molar-refractivity contribution in [3.05, 3.63) is 17.1 Å². The molecule has 1 aromatic rings. The Kier molecular flexibility index (Phi) is 2.40. The van der Waals surface area contributed by atoms with Crippen LogP contribution in [0.15, 0.2) is 11.4 Å². The molecule has 0 spiro atoms. The van der Waals surface area contributed by atoms with Crippen molar-refractivity contribution >= 4 is 11.5 Å². The van der Waals surface area contributed by atoms with Crippen LogP contribution in [0.4, 0.5) is 0 Å². The molecule has 1 atom stereocenters. The number of nitrogens with zero attached hydrogens (tertiary/aromatic N) is 1. The highest BCUT2D eigenvalue weighted by Gasteiger charge is 2.11. The monoisotopic (exact) mass is 156 g/mol. The Morgan fingerprint density at radius 2 is 2.30 bits per heavy atom. The summed E-state index contributed by atoms with van der Waals surface area (Å²) >= 11 is 1.46. The van der Waals surface area contributed by atoms with Crippen LogP contribution in [0.1, 0.15) is 25.6 Å². The normalized spacial score (nSPS) is 14.0. The average Bonchev–Trinajstić information content (AvgIpc) is 2.36. The fourth-order valence-corrected chi connectivity index (χ4v) is 1.30. The van der Waals surface area contributed by atoms with Gasteiger partial charge in [-0.1, -0.05) is 13.8 Å². The third-order valence-corrected chi connectivity index (χ3v) is 2.09. The number of hydrogen-bond acceptors (Lipinski definition) is 3. The van der Waals surface area contributed by atoms with Gasteiger partial charge >= 0.3 is 0 Å². The summed E-state index contributed by atoms with van der Waals surface area (Å²) in [7, 11) is 0. The van der Waals surface area contributed by atoms with Crippen molar-refractivity contribution in [1.82, 2.24) is 4.37 Å². The summed E-state index contributed by atoms with van der Waals surface area (Å²) in [5, 5.41) is 1.96. The van der Waals surface area contributed by atoms with Gasteiger partial charge < -0.3 is 5.73 Å². The molecule has 1 aromatic heterocycles. The van der Waals surface area contributed by atoms with E-state index in [4.69, 9.17) is 5.73 Å². The molecule has 1 heterocycles. The largest absolute Gasteiger partial charge is 0.322 e. The van der Waals surface area contributed by atoms with Crippen LogP contribution in [0.25, 0.3) is 0 Å². The fraction of sp³-hybridized carbons (Fsp3) is 0.571. The van der Waals surface area contributed by atoms with Crippen LogP contribution in [-0.2, 0) is 0 Å². The van der Waals surface area contributed by atoms with Gasteiger partial charge in [0.2, 0.25) is 0 Å². The molecule has 56 valence electrons. The van der Waals surface area contributed by atoms with E-state index in [9.17, 15) is 0 Å². The maximum absolute atomic E-state index is 5.83. The van der Waals surface area contributed by atoms with Crippen molar-refractivity contribution in [2.45, 2.75) is 19.9 Å². The summed E-state index contributed by atoms with van der Waals surface area (Å²) < 4.78 is 4.15. The lowest BCUT2D eigenvalue weighted by molar-refractivity contribution is 0.506. The molecule has 0 bridgehead atoms. The van der Waals surface area contributed by atoms with E-state index in [0.717, 1.165) is 5.69 Å². The molecule has 1 rings (SSSR count). The Bertz CT molecular complexity index is 181. The van der Waals surface area contributed by atoms with Gasteiger partial charge in [0.15, 0.2) is 0 Å². The van der Waals surface area contributed by atoms with Gasteiger partial charge in [0.05, 0.1) is 11.7 Å². The summed E-state index contributed by atoms with van der Waals surface area (Å²) in [6.45, 7) is 4.20. The molecule has 0 aliphatic rings. The van der Waals surface area contributed by atoms with E-state index in [0.29, 0.717) is 5.92 Å². The second-order valence-electron chi connectivity index (χ2n) is 2.69. The van der Waals surface area contributed by atoms with Gasteiger partial charge in [-0.25, -0.2) is 0 Å². The van der Waals surface area contributed by atoms with Crippen LogP contribution in [0, 0.1) is 5.92 Å². The minimum Gasteiger partial charge on any atom is -0.322 e. The van der Waals surface area contributed by atoms with E-state index >= 15 is 0 Å². The maximum atomic E-state index is 5.83. The minimum atomic E-state index is 0.103. The average molecular weight is 156 g/mol. The van der Waals surface area contributed by atoms with Crippen LogP contribution < -0.4 is 5.73 Å². The summed E-state index contributed by atoms with van der Waals surface area (Å²) in [4.78, 5) is 0. The lowest BCUT2D eigenvalue weighted by Gasteiger charge is -2.11. The maximum Gasteiger partial charge on any atom is 0.0712 e. The van der Waals surface area contributed by atoms with Crippen LogP contribution >= 0.6 is 11.5 Å². The summed E-state index contributed by atoms with van der Waals surface area (Å²) in [5.41, 5.74) is 6.84. The van der Waals surface area contributed by atoms with Crippen LogP contribution in [0.5, 0.6) is 0 Å². The molecule has 10 heavy (non-hydrogen) atoms. The molecule has 0 saturated heterocycles. The van der Waals surface area contributed by atoms with Crippen LogP contribution in [0.2, 0.25) is 0 Å². The van der Waals surface area contributed by atoms with Gasteiger partial charge in [-0.05, 0) is 23.5 Å². The quantitative estimate of drug-likeness (QED) is 0.709. The van der Waals surface area contributed by atoms with Crippen molar-refractivity contribution in [3.63, 3.8) is 0 Å². The highest BCUT2D eigenvalue weighted by molar-refractivity contribution is 7.03. The molecule has 3 heteroatoms. The van der Waals surface area contributed by atoms with E-state index in [-0.39, 0.29) is 6.04 Å². The molecule has 0 aliphatic heterocycles. The van der Waals surface area contributed by atoms with Gasteiger partial charge in [-0.3, -0.25) is 0 Å². The van der Waals surface area contributed by atoms with Crippen molar-refractivity contribution in [2.24, 2.45) is 11.7 Å². The highest BCUT2D eigenvalue weighted by atomic mass is 32.1. The van der Waals surface area contributed by atoms with Crippen LogP contribution in [-0.4, -0.2) is 4.37 Å². The van der Waals surface area contributed by atoms with Gasteiger partial charge in [0.1, 0.15) is 0 Å². The molecule has 0 saturated carbocycles. The third kappa shape index (κ3) is 1.55. The Balaban J connectivity index is 2.68. The molecule has 0 amide bonds. The lowest BCUT2D eigenvalue weighted by Crippen LogP contribution is -2.16. The van der Waals surface area contributed by atoms with E-state index in [1.165, 1.54) is 11.5 Å². The van der Waals surface area contributed by atoms with Crippen molar-refractivity contribution in [1.29, 1.82) is 0 Å². The summed E-state index contributed by atoms with van der Waals surface area (Å²) in [6.07, 6.45) is 0. The first-order valence-electron chi connectivity index (χ1n) is 3.37. The number of aromatic nitrogens is 1. The van der Waals surface area contributed by atoms with Crippen molar-refractivity contribution in [2.75, 3.05) is 0 Å². The summed E-state index contributed by atoms with van der Waals surface area (Å²) in [6, 6.07) is 2.08. The van der Waals surface area contributed by atoms with Crippen molar-refractivity contribution < 1.29 is 0 Å². The molecule has 0 unspecified atom stereocenters. The predicted octanol–water partition coefficient (Wildman–Crippen LogP) is 1.80. The molecular formula is C7H12N2S. The van der Waals surface area contributed by atoms with E-state index in [1.54, 1.807) is 0 Å². The SMILES string of the molecule is CC(C)[C@H](N)c1ccsn1. The smallest absolute Gasteiger partial charge is 0.0712 e. The Hall–Kier alpha value is -0.410. The van der Waals surface area contributed by atoms with Gasteiger partial charge in [0.25, 0.3) is 0 Å². The van der Waals surface area contributed by atoms with Crippen LogP contribution in [0.3, 0.4) is 0 Å². The lowest BCUT2D eigenvalue weighted by atomic mass is 10.0. The molecule has 2 nitrogen and oxygen atoms in total. The standard InChI is InChI=1S/C7H12N2S/c1-5(2)7(8)6-3-4-10-9-6/h3-5,7H,8H2,1-2H3/t7-/m0/s1. The Morgan fingerprint density at radius 3 is 2.70 bits per heavy atom. The zero-order valence-electron chi connectivity index (χ0n) is 6.24. The Morgan fingerprint density at radius 1 is 1.60 bits per heavy atom. The zero-order chi connectivity index (χ0) is 7.56. The third-order valence-electron chi connectivity index (χ3n) is 1.52. The molecular weight excluding hydrogens is 144 g/mol. The molecule has 0 aromatic carbocycles. The van der Waals surface area contributed by atoms with E-state index < -0.39 is 0 Å². The fourth-order valence-electron chi connectivity index (χ4n) is 0.735. The van der Waals surface area contributed by atoms with Gasteiger partial charge in [-0.15, -0.1) is 0 Å². The van der Waals surface area contributed by atoms with Gasteiger partial charge in [0, 0.05) is 5.38 Å². The van der Waals surface area contributed by atoms with Gasteiger partial charge in [-0.2, -0.15) is 4.37 Å². The molecule has 0 aliphatic carbocycles. The second kappa shape index (κ2) is 3.12. The first-order valence-corrected chi connectivity index (χ1v) is 4.21. The number of rotatable bonds is 2. The first kappa shape index (κ1) is 7.69. The van der Waals surface area contributed by atoms with E-state index in [2.05, 4.69) is 18.2 Å². The number of hydrogen-bond donors (Lipinski definition) is 1. The van der Waals surface area contributed by atoms with Crippen molar-refractivity contribution in [3.8, 4) is 0 Å². The Labute approximate surface area is 65.2 Å². The summed E-state index contributed by atoms with van der Waals surface area (Å²) in [5.74, 6) is 0.474. The van der Waals surface area contributed by atoms with E-state index in [1.807, 2.05) is 11.4 Å². The minimum absolute atomic E-state index is 0.103. The number of nitrogens with two attached hydrogens (primary N) is 1. The first-order chi connectivity index (χ1) is 4.72.